The third-order valence-electron chi connectivity index (χ3n) is 1.90. The molecule has 1 aromatic rings. The summed E-state index contributed by atoms with van der Waals surface area (Å²) in [6.45, 7) is 3.61. The van der Waals surface area contributed by atoms with Crippen molar-refractivity contribution in [2.75, 3.05) is 0 Å². The van der Waals surface area contributed by atoms with Gasteiger partial charge >= 0.3 is 0 Å². The molecule has 1 aromatic heterocycles. The van der Waals surface area contributed by atoms with Gasteiger partial charge in [0, 0.05) is 18.6 Å². The van der Waals surface area contributed by atoms with Gasteiger partial charge in [0.25, 0.3) is 0 Å². The van der Waals surface area contributed by atoms with Gasteiger partial charge < -0.3 is 10.3 Å². The van der Waals surface area contributed by atoms with E-state index in [1.165, 1.54) is 6.20 Å². The van der Waals surface area contributed by atoms with Crippen LogP contribution >= 0.6 is 0 Å². The van der Waals surface area contributed by atoms with Crippen molar-refractivity contribution in [1.82, 2.24) is 0 Å². The van der Waals surface area contributed by atoms with Gasteiger partial charge in [0.05, 0.1) is 6.10 Å². The summed E-state index contributed by atoms with van der Waals surface area (Å²) >= 11 is 0. The summed E-state index contributed by atoms with van der Waals surface area (Å²) in [6.07, 6.45) is 1.53. The molecule has 0 saturated heterocycles. The Kier molecular flexibility index (Phi) is 2.65. The van der Waals surface area contributed by atoms with Crippen molar-refractivity contribution in [2.45, 2.75) is 26.4 Å². The molecule has 0 aliphatic heterocycles. The zero-order valence-electron chi connectivity index (χ0n) is 7.32. The quantitative estimate of drug-likeness (QED) is 0.529. The van der Waals surface area contributed by atoms with Crippen LogP contribution in [0.5, 0.6) is 0 Å². The van der Waals surface area contributed by atoms with Crippen LogP contribution in [0.15, 0.2) is 18.3 Å². The minimum atomic E-state index is -0.522. The number of aromatic nitrogens is 1. The van der Waals surface area contributed by atoms with Crippen LogP contribution < -0.4 is 4.73 Å². The molecule has 0 aliphatic rings. The highest BCUT2D eigenvalue weighted by Gasteiger charge is 2.08. The van der Waals surface area contributed by atoms with E-state index >= 15 is 0 Å². The highest BCUT2D eigenvalue weighted by Crippen LogP contribution is 2.13. The van der Waals surface area contributed by atoms with E-state index in [2.05, 4.69) is 0 Å². The van der Waals surface area contributed by atoms with Gasteiger partial charge in [-0.3, -0.25) is 0 Å². The topological polar surface area (TPSA) is 47.2 Å². The van der Waals surface area contributed by atoms with Gasteiger partial charge in [-0.05, 0) is 12.5 Å². The average Bonchev–Trinajstić information content (AvgIpc) is 2.08. The van der Waals surface area contributed by atoms with Crippen molar-refractivity contribution in [3.05, 3.63) is 34.8 Å². The molecule has 66 valence electrons. The van der Waals surface area contributed by atoms with Crippen molar-refractivity contribution in [2.24, 2.45) is 0 Å². The highest BCUT2D eigenvalue weighted by molar-refractivity contribution is 5.11. The zero-order chi connectivity index (χ0) is 9.14. The normalized spacial score (nSPS) is 12.9. The van der Waals surface area contributed by atoms with E-state index in [1.807, 2.05) is 6.92 Å². The largest absolute Gasteiger partial charge is 0.618 e. The lowest BCUT2D eigenvalue weighted by Crippen LogP contribution is -2.30. The maximum absolute atomic E-state index is 11.1. The Balaban J connectivity index is 2.96. The SMILES string of the molecule is CC[C@H](O)c1ccc(C)[n+]([O-])c1. The molecule has 0 amide bonds. The fourth-order valence-corrected chi connectivity index (χ4v) is 1.00. The summed E-state index contributed by atoms with van der Waals surface area (Å²) in [5, 5.41) is 20.5. The molecule has 1 N–H and O–H groups in total. The lowest BCUT2D eigenvalue weighted by molar-refractivity contribution is -0.613. The van der Waals surface area contributed by atoms with E-state index in [0.717, 1.165) is 4.73 Å². The van der Waals surface area contributed by atoms with Crippen molar-refractivity contribution < 1.29 is 9.84 Å². The Labute approximate surface area is 71.9 Å². The molecule has 0 radical (unpaired) electrons. The van der Waals surface area contributed by atoms with E-state index < -0.39 is 6.10 Å². The van der Waals surface area contributed by atoms with Gasteiger partial charge in [-0.1, -0.05) is 6.92 Å². The van der Waals surface area contributed by atoms with E-state index in [4.69, 9.17) is 0 Å². The summed E-state index contributed by atoms with van der Waals surface area (Å²) in [5.41, 5.74) is 1.32. The van der Waals surface area contributed by atoms with Crippen LogP contribution in [0.2, 0.25) is 0 Å². The van der Waals surface area contributed by atoms with Crippen LogP contribution in [0, 0.1) is 12.1 Å². The predicted molar refractivity (Wildman–Crippen MR) is 45.4 cm³/mol. The van der Waals surface area contributed by atoms with E-state index in [9.17, 15) is 10.3 Å². The predicted octanol–water partition coefficient (Wildman–Crippen LogP) is 1.07. The minimum absolute atomic E-state index is 0.522. The van der Waals surface area contributed by atoms with Crippen LogP contribution in [0.3, 0.4) is 0 Å². The zero-order valence-corrected chi connectivity index (χ0v) is 7.32. The molecule has 3 nitrogen and oxygen atoms in total. The number of hydrogen-bond donors (Lipinski definition) is 1. The van der Waals surface area contributed by atoms with Crippen molar-refractivity contribution in [3.8, 4) is 0 Å². The molecule has 0 spiro atoms. The van der Waals surface area contributed by atoms with Crippen LogP contribution in [0.4, 0.5) is 0 Å². The first-order valence-electron chi connectivity index (χ1n) is 4.03. The first kappa shape index (κ1) is 9.00. The maximum Gasteiger partial charge on any atom is 0.189 e. The number of nitrogens with zero attached hydrogens (tertiary/aromatic N) is 1. The van der Waals surface area contributed by atoms with E-state index in [-0.39, 0.29) is 0 Å². The van der Waals surface area contributed by atoms with Crippen molar-refractivity contribution in [3.63, 3.8) is 0 Å². The molecule has 1 heterocycles. The average molecular weight is 167 g/mol. The Hall–Kier alpha value is -1.09. The third-order valence-corrected chi connectivity index (χ3v) is 1.90. The molecule has 0 unspecified atom stereocenters. The number of aryl methyl sites for hydroxylation is 1. The molecule has 3 heteroatoms. The number of hydrogen-bond acceptors (Lipinski definition) is 2. The number of aliphatic hydroxyl groups is 1. The molecule has 0 aliphatic carbocycles. The summed E-state index contributed by atoms with van der Waals surface area (Å²) in [6, 6.07) is 3.49. The molecule has 0 aromatic carbocycles. The molecule has 0 fully saturated rings. The Morgan fingerprint density at radius 2 is 2.25 bits per heavy atom. The van der Waals surface area contributed by atoms with Gasteiger partial charge in [-0.2, -0.15) is 4.73 Å². The minimum Gasteiger partial charge on any atom is -0.618 e. The van der Waals surface area contributed by atoms with Crippen molar-refractivity contribution >= 4 is 0 Å². The Morgan fingerprint density at radius 3 is 2.75 bits per heavy atom. The molecule has 0 bridgehead atoms. The molecule has 1 atom stereocenters. The van der Waals surface area contributed by atoms with E-state index in [1.54, 1.807) is 19.1 Å². The van der Waals surface area contributed by atoms with Gasteiger partial charge in [-0.15, -0.1) is 0 Å². The van der Waals surface area contributed by atoms with Gasteiger partial charge in [-0.25, -0.2) is 0 Å². The number of aliphatic hydroxyl groups excluding tert-OH is 1. The Bertz CT molecular complexity index is 273. The molecule has 0 saturated carbocycles. The van der Waals surface area contributed by atoms with Crippen LogP contribution in [-0.4, -0.2) is 5.11 Å². The summed E-state index contributed by atoms with van der Waals surface area (Å²) in [4.78, 5) is 0. The smallest absolute Gasteiger partial charge is 0.189 e. The highest BCUT2D eigenvalue weighted by atomic mass is 16.5. The summed E-state index contributed by atoms with van der Waals surface area (Å²) in [5.74, 6) is 0. The first-order valence-corrected chi connectivity index (χ1v) is 4.03. The molecular formula is C9H13NO2. The van der Waals surface area contributed by atoms with Crippen LogP contribution in [-0.2, 0) is 0 Å². The van der Waals surface area contributed by atoms with Gasteiger partial charge in [0.15, 0.2) is 11.9 Å². The fourth-order valence-electron chi connectivity index (χ4n) is 1.00. The summed E-state index contributed by atoms with van der Waals surface area (Å²) < 4.78 is 0.772. The second kappa shape index (κ2) is 3.54. The van der Waals surface area contributed by atoms with Gasteiger partial charge in [0.1, 0.15) is 0 Å². The standard InChI is InChI=1S/C9H13NO2/c1-3-9(11)8-5-4-7(2)10(12)6-8/h4-6,9,11H,3H2,1-2H3/t9-/m0/s1. The second-order valence-electron chi connectivity index (χ2n) is 2.85. The van der Waals surface area contributed by atoms with Gasteiger partial charge in [0.2, 0.25) is 0 Å². The lowest BCUT2D eigenvalue weighted by atomic mass is 10.1. The van der Waals surface area contributed by atoms with Crippen molar-refractivity contribution in [1.29, 1.82) is 0 Å². The molecule has 1 rings (SSSR count). The molecule has 12 heavy (non-hydrogen) atoms. The number of rotatable bonds is 2. The van der Waals surface area contributed by atoms with E-state index in [0.29, 0.717) is 17.7 Å². The lowest BCUT2D eigenvalue weighted by Gasteiger charge is -2.07. The summed E-state index contributed by atoms with van der Waals surface area (Å²) in [7, 11) is 0. The fraction of sp³-hybridized carbons (Fsp3) is 0.444. The third kappa shape index (κ3) is 1.74. The maximum atomic E-state index is 11.1. The second-order valence-corrected chi connectivity index (χ2v) is 2.85. The van der Waals surface area contributed by atoms with Crippen LogP contribution in [0.25, 0.3) is 0 Å². The van der Waals surface area contributed by atoms with Crippen LogP contribution in [0.1, 0.15) is 30.7 Å². The monoisotopic (exact) mass is 167 g/mol. The molecular weight excluding hydrogens is 154 g/mol. The first-order chi connectivity index (χ1) is 5.65. The Morgan fingerprint density at radius 1 is 1.58 bits per heavy atom. The number of pyridine rings is 1.